The summed E-state index contributed by atoms with van der Waals surface area (Å²) in [6.07, 6.45) is 0.945. The summed E-state index contributed by atoms with van der Waals surface area (Å²) in [7, 11) is 0. The van der Waals surface area contributed by atoms with Crippen LogP contribution >= 0.6 is 15.9 Å². The molecular formula is C11H16BrNO. The van der Waals surface area contributed by atoms with Crippen molar-refractivity contribution in [3.05, 3.63) is 34.3 Å². The van der Waals surface area contributed by atoms with Gasteiger partial charge in [-0.2, -0.15) is 0 Å². The standard InChI is InChI=1S/C11H16BrNO/c1-8(2)7-11(14-13)9-3-5-10(12)6-4-9/h3-6,8,11H,7,13H2,1-2H3. The summed E-state index contributed by atoms with van der Waals surface area (Å²) < 4.78 is 1.07. The minimum absolute atomic E-state index is 0.00287. The Morgan fingerprint density at radius 1 is 1.29 bits per heavy atom. The van der Waals surface area contributed by atoms with E-state index in [9.17, 15) is 0 Å². The third kappa shape index (κ3) is 3.40. The lowest BCUT2D eigenvalue weighted by atomic mass is 10.00. The van der Waals surface area contributed by atoms with Gasteiger partial charge in [-0.25, -0.2) is 5.90 Å². The molecule has 0 saturated carbocycles. The predicted molar refractivity (Wildman–Crippen MR) is 61.6 cm³/mol. The third-order valence-corrected chi connectivity index (χ3v) is 2.62. The van der Waals surface area contributed by atoms with Crippen molar-refractivity contribution in [3.8, 4) is 0 Å². The van der Waals surface area contributed by atoms with Gasteiger partial charge in [0.1, 0.15) is 6.10 Å². The van der Waals surface area contributed by atoms with Gasteiger partial charge in [0.2, 0.25) is 0 Å². The Kier molecular flexibility index (Phi) is 4.58. The molecule has 0 bridgehead atoms. The zero-order valence-electron chi connectivity index (χ0n) is 8.53. The highest BCUT2D eigenvalue weighted by Gasteiger charge is 2.12. The van der Waals surface area contributed by atoms with Crippen molar-refractivity contribution < 1.29 is 4.84 Å². The fourth-order valence-corrected chi connectivity index (χ4v) is 1.64. The molecule has 1 aromatic rings. The predicted octanol–water partition coefficient (Wildman–Crippen LogP) is 3.43. The second-order valence-electron chi connectivity index (χ2n) is 3.81. The second kappa shape index (κ2) is 5.49. The molecule has 0 spiro atoms. The number of halogens is 1. The minimum Gasteiger partial charge on any atom is -0.297 e. The fourth-order valence-electron chi connectivity index (χ4n) is 1.38. The lowest BCUT2D eigenvalue weighted by Gasteiger charge is -2.16. The largest absolute Gasteiger partial charge is 0.297 e. The molecular weight excluding hydrogens is 242 g/mol. The summed E-state index contributed by atoms with van der Waals surface area (Å²) in [6, 6.07) is 8.07. The van der Waals surface area contributed by atoms with Crippen LogP contribution in [0.3, 0.4) is 0 Å². The highest BCUT2D eigenvalue weighted by Crippen LogP contribution is 2.24. The Labute approximate surface area is 93.5 Å². The molecule has 3 heteroatoms. The number of hydrogen-bond acceptors (Lipinski definition) is 2. The van der Waals surface area contributed by atoms with Crippen LogP contribution in [0, 0.1) is 5.92 Å². The lowest BCUT2D eigenvalue weighted by Crippen LogP contribution is -2.11. The number of rotatable bonds is 4. The first-order valence-corrected chi connectivity index (χ1v) is 5.53. The van der Waals surface area contributed by atoms with Crippen LogP contribution in [0.25, 0.3) is 0 Å². The van der Waals surface area contributed by atoms with Crippen LogP contribution in [0.2, 0.25) is 0 Å². The first-order chi connectivity index (χ1) is 6.63. The Hall–Kier alpha value is -0.380. The first-order valence-electron chi connectivity index (χ1n) is 4.74. The molecule has 0 saturated heterocycles. The second-order valence-corrected chi connectivity index (χ2v) is 4.72. The molecule has 0 amide bonds. The van der Waals surface area contributed by atoms with Gasteiger partial charge in [0, 0.05) is 4.47 Å². The maximum atomic E-state index is 5.28. The normalized spacial score (nSPS) is 13.2. The summed E-state index contributed by atoms with van der Waals surface area (Å²) >= 11 is 3.40. The van der Waals surface area contributed by atoms with E-state index in [0.29, 0.717) is 5.92 Å². The first kappa shape index (κ1) is 11.7. The molecule has 0 aliphatic rings. The third-order valence-electron chi connectivity index (χ3n) is 2.09. The van der Waals surface area contributed by atoms with E-state index < -0.39 is 0 Å². The topological polar surface area (TPSA) is 35.2 Å². The van der Waals surface area contributed by atoms with Gasteiger partial charge in [0.05, 0.1) is 0 Å². The maximum Gasteiger partial charge on any atom is 0.104 e. The summed E-state index contributed by atoms with van der Waals surface area (Å²) in [5.41, 5.74) is 1.13. The van der Waals surface area contributed by atoms with E-state index in [1.165, 1.54) is 0 Å². The number of hydrogen-bond donors (Lipinski definition) is 1. The van der Waals surface area contributed by atoms with Crippen LogP contribution in [0.1, 0.15) is 31.9 Å². The molecule has 0 fully saturated rings. The van der Waals surface area contributed by atoms with E-state index in [2.05, 4.69) is 29.8 Å². The maximum absolute atomic E-state index is 5.28. The quantitative estimate of drug-likeness (QED) is 0.840. The van der Waals surface area contributed by atoms with E-state index in [1.807, 2.05) is 24.3 Å². The zero-order chi connectivity index (χ0) is 10.6. The van der Waals surface area contributed by atoms with Gasteiger partial charge in [0.25, 0.3) is 0 Å². The molecule has 1 rings (SSSR count). The lowest BCUT2D eigenvalue weighted by molar-refractivity contribution is 0.0378. The molecule has 1 aromatic carbocycles. The van der Waals surface area contributed by atoms with Crippen molar-refractivity contribution >= 4 is 15.9 Å². The van der Waals surface area contributed by atoms with E-state index in [1.54, 1.807) is 0 Å². The van der Waals surface area contributed by atoms with Crippen molar-refractivity contribution in [2.24, 2.45) is 11.8 Å². The van der Waals surface area contributed by atoms with Gasteiger partial charge in [-0.1, -0.05) is 41.9 Å². The van der Waals surface area contributed by atoms with Crippen LogP contribution < -0.4 is 5.90 Å². The van der Waals surface area contributed by atoms with E-state index in [-0.39, 0.29) is 6.10 Å². The van der Waals surface area contributed by atoms with Gasteiger partial charge >= 0.3 is 0 Å². The van der Waals surface area contributed by atoms with Gasteiger partial charge in [-0.05, 0) is 30.0 Å². The van der Waals surface area contributed by atoms with E-state index in [4.69, 9.17) is 10.7 Å². The average Bonchev–Trinajstić information content (AvgIpc) is 2.15. The monoisotopic (exact) mass is 257 g/mol. The van der Waals surface area contributed by atoms with Crippen LogP contribution in [-0.2, 0) is 4.84 Å². The van der Waals surface area contributed by atoms with Gasteiger partial charge < -0.3 is 0 Å². The highest BCUT2D eigenvalue weighted by molar-refractivity contribution is 9.10. The van der Waals surface area contributed by atoms with Crippen molar-refractivity contribution in [2.45, 2.75) is 26.4 Å². The molecule has 0 aromatic heterocycles. The molecule has 14 heavy (non-hydrogen) atoms. The molecule has 0 radical (unpaired) electrons. The van der Waals surface area contributed by atoms with Gasteiger partial charge in [0.15, 0.2) is 0 Å². The van der Waals surface area contributed by atoms with Crippen molar-refractivity contribution in [3.63, 3.8) is 0 Å². The summed E-state index contributed by atoms with van der Waals surface area (Å²) in [6.45, 7) is 4.32. The summed E-state index contributed by atoms with van der Waals surface area (Å²) in [5, 5.41) is 0. The highest BCUT2D eigenvalue weighted by atomic mass is 79.9. The minimum atomic E-state index is 0.00287. The van der Waals surface area contributed by atoms with Gasteiger partial charge in [-0.15, -0.1) is 0 Å². The van der Waals surface area contributed by atoms with Crippen LogP contribution in [0.4, 0.5) is 0 Å². The molecule has 0 aliphatic heterocycles. The molecule has 2 nitrogen and oxygen atoms in total. The Balaban J connectivity index is 2.73. The van der Waals surface area contributed by atoms with Crippen LogP contribution in [0.15, 0.2) is 28.7 Å². The van der Waals surface area contributed by atoms with Crippen molar-refractivity contribution in [1.82, 2.24) is 0 Å². The van der Waals surface area contributed by atoms with Crippen LogP contribution in [-0.4, -0.2) is 0 Å². The zero-order valence-corrected chi connectivity index (χ0v) is 10.1. The van der Waals surface area contributed by atoms with Crippen molar-refractivity contribution in [2.75, 3.05) is 0 Å². The summed E-state index contributed by atoms with van der Waals surface area (Å²) in [5.74, 6) is 5.86. The smallest absolute Gasteiger partial charge is 0.104 e. The van der Waals surface area contributed by atoms with Crippen LogP contribution in [0.5, 0.6) is 0 Å². The Morgan fingerprint density at radius 2 is 1.86 bits per heavy atom. The molecule has 0 heterocycles. The molecule has 78 valence electrons. The molecule has 1 unspecified atom stereocenters. The SMILES string of the molecule is CC(C)CC(ON)c1ccc(Br)cc1. The van der Waals surface area contributed by atoms with E-state index >= 15 is 0 Å². The van der Waals surface area contributed by atoms with Gasteiger partial charge in [-0.3, -0.25) is 4.84 Å². The fraction of sp³-hybridized carbons (Fsp3) is 0.455. The summed E-state index contributed by atoms with van der Waals surface area (Å²) in [4.78, 5) is 4.97. The number of benzene rings is 1. The molecule has 0 aliphatic carbocycles. The number of nitrogens with two attached hydrogens (primary N) is 1. The Morgan fingerprint density at radius 3 is 2.29 bits per heavy atom. The average molecular weight is 258 g/mol. The Bertz CT molecular complexity index is 271. The molecule has 1 atom stereocenters. The van der Waals surface area contributed by atoms with E-state index in [0.717, 1.165) is 16.5 Å². The van der Waals surface area contributed by atoms with Crippen molar-refractivity contribution in [1.29, 1.82) is 0 Å². The molecule has 2 N–H and O–H groups in total.